The van der Waals surface area contributed by atoms with Crippen LogP contribution in [0.2, 0.25) is 5.02 Å². The lowest BCUT2D eigenvalue weighted by Crippen LogP contribution is -2.35. The van der Waals surface area contributed by atoms with Gasteiger partial charge in [-0.15, -0.1) is 0 Å². The van der Waals surface area contributed by atoms with Crippen LogP contribution >= 0.6 is 11.6 Å². The zero-order valence-electron chi connectivity index (χ0n) is 14.0. The van der Waals surface area contributed by atoms with Gasteiger partial charge >= 0.3 is 0 Å². The predicted molar refractivity (Wildman–Crippen MR) is 95.5 cm³/mol. The van der Waals surface area contributed by atoms with Gasteiger partial charge in [0.05, 0.1) is 16.9 Å². The summed E-state index contributed by atoms with van der Waals surface area (Å²) >= 11 is 6.48. The first-order chi connectivity index (χ1) is 11.6. The number of fused-ring (bicyclic) bond motifs is 2. The summed E-state index contributed by atoms with van der Waals surface area (Å²) in [5.41, 5.74) is 3.46. The van der Waals surface area contributed by atoms with Crippen molar-refractivity contribution in [3.05, 3.63) is 46.7 Å². The normalized spacial score (nSPS) is 18.3. The molecule has 2 aliphatic rings. The molecule has 2 aromatic rings. The Morgan fingerprint density at radius 1 is 1.33 bits per heavy atom. The first-order valence-electron chi connectivity index (χ1n) is 8.66. The van der Waals surface area contributed by atoms with Gasteiger partial charge in [0.25, 0.3) is 0 Å². The molecule has 1 spiro atoms. The molecule has 0 atom stereocenters. The Hall–Kier alpha value is -1.81. The molecule has 0 N–H and O–H groups in total. The smallest absolute Gasteiger partial charge is 0.227 e. The molecule has 1 fully saturated rings. The third kappa shape index (κ3) is 2.53. The van der Waals surface area contributed by atoms with E-state index in [1.807, 2.05) is 36.5 Å². The summed E-state index contributed by atoms with van der Waals surface area (Å²) in [6, 6.07) is 6.08. The Balaban J connectivity index is 1.58. The number of hydrogen-bond donors (Lipinski definition) is 0. The summed E-state index contributed by atoms with van der Waals surface area (Å²) in [6.07, 6.45) is 9.81. The van der Waals surface area contributed by atoms with E-state index in [0.717, 1.165) is 37.1 Å². The second-order valence-electron chi connectivity index (χ2n) is 7.13. The Kier molecular flexibility index (Phi) is 3.87. The minimum atomic E-state index is 0.129. The van der Waals surface area contributed by atoms with Gasteiger partial charge in [0.2, 0.25) is 5.91 Å². The lowest BCUT2D eigenvalue weighted by atomic mass is 9.81. The van der Waals surface area contributed by atoms with E-state index < -0.39 is 0 Å². The number of para-hydroxylation sites is 1. The number of carbonyl (C=O) groups is 1. The van der Waals surface area contributed by atoms with E-state index >= 15 is 0 Å². The molecule has 126 valence electrons. The second kappa shape index (κ2) is 5.92. The molecule has 1 aliphatic heterocycles. The maximum atomic E-state index is 12.9. The van der Waals surface area contributed by atoms with Crippen LogP contribution in [0.5, 0.6) is 0 Å². The highest BCUT2D eigenvalue weighted by Gasteiger charge is 2.46. The van der Waals surface area contributed by atoms with E-state index in [1.165, 1.54) is 18.4 Å². The molecule has 0 radical (unpaired) electrons. The molecule has 24 heavy (non-hydrogen) atoms. The number of carbonyl (C=O) groups excluding carboxylic acids is 1. The summed E-state index contributed by atoms with van der Waals surface area (Å²) < 4.78 is 1.77. The average molecular weight is 344 g/mol. The molecule has 4 nitrogen and oxygen atoms in total. The van der Waals surface area contributed by atoms with Gasteiger partial charge in [-0.1, -0.05) is 36.6 Å². The van der Waals surface area contributed by atoms with Crippen LogP contribution in [0.15, 0.2) is 30.6 Å². The van der Waals surface area contributed by atoms with Crippen molar-refractivity contribution < 1.29 is 4.79 Å². The van der Waals surface area contributed by atoms with Crippen LogP contribution in [0.25, 0.3) is 0 Å². The molecular weight excluding hydrogens is 322 g/mol. The number of benzene rings is 1. The molecule has 0 saturated heterocycles. The molecule has 5 heteroatoms. The van der Waals surface area contributed by atoms with Crippen LogP contribution in [-0.4, -0.2) is 22.2 Å². The second-order valence-corrected chi connectivity index (χ2v) is 7.53. The van der Waals surface area contributed by atoms with E-state index in [2.05, 4.69) is 11.2 Å². The van der Waals surface area contributed by atoms with Gasteiger partial charge in [-0.25, -0.2) is 0 Å². The molecule has 1 aromatic carbocycles. The van der Waals surface area contributed by atoms with E-state index in [9.17, 15) is 4.79 Å². The van der Waals surface area contributed by atoms with Gasteiger partial charge in [0.15, 0.2) is 0 Å². The van der Waals surface area contributed by atoms with Crippen LogP contribution in [0.1, 0.15) is 43.2 Å². The molecule has 1 amide bonds. The quantitative estimate of drug-likeness (QED) is 0.848. The zero-order valence-corrected chi connectivity index (χ0v) is 14.7. The lowest BCUT2D eigenvalue weighted by Gasteiger charge is -2.24. The molecule has 1 aliphatic carbocycles. The van der Waals surface area contributed by atoms with Crippen LogP contribution in [0.4, 0.5) is 5.69 Å². The first kappa shape index (κ1) is 15.7. The monoisotopic (exact) mass is 343 g/mol. The lowest BCUT2D eigenvalue weighted by molar-refractivity contribution is -0.118. The van der Waals surface area contributed by atoms with Crippen LogP contribution in [0, 0.1) is 0 Å². The number of halogens is 1. The van der Waals surface area contributed by atoms with Crippen molar-refractivity contribution in [3.8, 4) is 0 Å². The number of amides is 1. The van der Waals surface area contributed by atoms with Crippen LogP contribution < -0.4 is 4.90 Å². The third-order valence-electron chi connectivity index (χ3n) is 5.54. The summed E-state index contributed by atoms with van der Waals surface area (Å²) in [5, 5.41) is 4.87. The standard InChI is InChI=1S/C19H22ClN3O/c1-22-12-14(11-21-22)7-8-17(24)23-13-19(9-2-3-10-19)15-5-4-6-16(20)18(15)23/h4-6,11-12H,2-3,7-10,13H2,1H3. The van der Waals surface area contributed by atoms with Crippen LogP contribution in [0.3, 0.4) is 0 Å². The van der Waals surface area contributed by atoms with E-state index in [4.69, 9.17) is 11.6 Å². The van der Waals surface area contributed by atoms with Gasteiger partial charge in [-0.2, -0.15) is 5.10 Å². The molecule has 1 aromatic heterocycles. The van der Waals surface area contributed by atoms with Gasteiger partial charge < -0.3 is 4.90 Å². The average Bonchev–Trinajstić information content (AvgIpc) is 3.27. The molecule has 0 bridgehead atoms. The molecule has 2 heterocycles. The van der Waals surface area contributed by atoms with Gasteiger partial charge in [0, 0.05) is 31.6 Å². The number of nitrogens with zero attached hydrogens (tertiary/aromatic N) is 3. The fourth-order valence-electron chi connectivity index (χ4n) is 4.36. The highest BCUT2D eigenvalue weighted by atomic mass is 35.5. The van der Waals surface area contributed by atoms with Crippen molar-refractivity contribution in [1.82, 2.24) is 9.78 Å². The number of aryl methyl sites for hydroxylation is 2. The Morgan fingerprint density at radius 2 is 2.12 bits per heavy atom. The highest BCUT2D eigenvalue weighted by Crippen LogP contribution is 2.52. The summed E-state index contributed by atoms with van der Waals surface area (Å²) in [6.45, 7) is 0.790. The predicted octanol–water partition coefficient (Wildman–Crippen LogP) is 3.86. The Bertz CT molecular complexity index is 777. The van der Waals surface area contributed by atoms with Gasteiger partial charge in [0.1, 0.15) is 0 Å². The minimum Gasteiger partial charge on any atom is -0.310 e. The number of rotatable bonds is 3. The third-order valence-corrected chi connectivity index (χ3v) is 5.84. The molecule has 1 saturated carbocycles. The van der Waals surface area contributed by atoms with E-state index in [1.54, 1.807) is 4.68 Å². The first-order valence-corrected chi connectivity index (χ1v) is 9.04. The summed E-state index contributed by atoms with van der Waals surface area (Å²) in [4.78, 5) is 14.9. The van der Waals surface area contributed by atoms with E-state index in [0.29, 0.717) is 11.4 Å². The summed E-state index contributed by atoms with van der Waals surface area (Å²) in [7, 11) is 1.89. The molecule has 0 unspecified atom stereocenters. The maximum absolute atomic E-state index is 12.9. The van der Waals surface area contributed by atoms with Crippen molar-refractivity contribution in [1.29, 1.82) is 0 Å². The SMILES string of the molecule is Cn1cc(CCC(=O)N2CC3(CCCC3)c3cccc(Cl)c32)cn1. The topological polar surface area (TPSA) is 38.1 Å². The Labute approximate surface area is 147 Å². The summed E-state index contributed by atoms with van der Waals surface area (Å²) in [5.74, 6) is 0.164. The largest absolute Gasteiger partial charge is 0.310 e. The number of anilines is 1. The van der Waals surface area contributed by atoms with Crippen molar-refractivity contribution >= 4 is 23.2 Å². The number of hydrogen-bond acceptors (Lipinski definition) is 2. The van der Waals surface area contributed by atoms with Gasteiger partial charge in [-0.3, -0.25) is 9.48 Å². The van der Waals surface area contributed by atoms with Crippen molar-refractivity contribution in [2.45, 2.75) is 43.9 Å². The fourth-order valence-corrected chi connectivity index (χ4v) is 4.64. The maximum Gasteiger partial charge on any atom is 0.227 e. The molecular formula is C19H22ClN3O. The minimum absolute atomic E-state index is 0.129. The zero-order chi connectivity index (χ0) is 16.7. The number of aromatic nitrogens is 2. The van der Waals surface area contributed by atoms with E-state index in [-0.39, 0.29) is 11.3 Å². The molecule has 4 rings (SSSR count). The van der Waals surface area contributed by atoms with Crippen molar-refractivity contribution in [3.63, 3.8) is 0 Å². The Morgan fingerprint density at radius 3 is 2.83 bits per heavy atom. The van der Waals surface area contributed by atoms with Crippen LogP contribution in [-0.2, 0) is 23.7 Å². The fraction of sp³-hybridized carbons (Fsp3) is 0.474. The highest BCUT2D eigenvalue weighted by molar-refractivity contribution is 6.34. The van der Waals surface area contributed by atoms with Crippen molar-refractivity contribution in [2.24, 2.45) is 7.05 Å². The van der Waals surface area contributed by atoms with Gasteiger partial charge in [-0.05, 0) is 36.5 Å². The van der Waals surface area contributed by atoms with Crippen molar-refractivity contribution in [2.75, 3.05) is 11.4 Å².